The van der Waals surface area contributed by atoms with Crippen molar-refractivity contribution in [2.24, 2.45) is 0 Å². The van der Waals surface area contributed by atoms with Gasteiger partial charge in [0.25, 0.3) is 5.91 Å². The molecule has 0 saturated carbocycles. The highest BCUT2D eigenvalue weighted by atomic mass is 16.7. The Morgan fingerprint density at radius 2 is 1.91 bits per heavy atom. The first kappa shape index (κ1) is 16.5. The number of rotatable bonds is 3. The van der Waals surface area contributed by atoms with Gasteiger partial charge in [-0.05, 0) is 51.7 Å². The first-order valence-electron chi connectivity index (χ1n) is 8.13. The van der Waals surface area contributed by atoms with E-state index in [4.69, 9.17) is 14.0 Å². The zero-order valence-electron chi connectivity index (χ0n) is 14.2. The van der Waals surface area contributed by atoms with Crippen LogP contribution in [-0.2, 0) is 14.0 Å². The van der Waals surface area contributed by atoms with Gasteiger partial charge in [0.1, 0.15) is 0 Å². The quantitative estimate of drug-likeness (QED) is 0.859. The topological polar surface area (TPSA) is 56.8 Å². The van der Waals surface area contributed by atoms with Crippen LogP contribution >= 0.6 is 0 Å². The largest absolute Gasteiger partial charge is 0.494 e. The van der Waals surface area contributed by atoms with Gasteiger partial charge in [0.05, 0.1) is 23.9 Å². The zero-order valence-corrected chi connectivity index (χ0v) is 14.2. The van der Waals surface area contributed by atoms with Gasteiger partial charge in [0.2, 0.25) is 0 Å². The Kier molecular flexibility index (Phi) is 4.25. The maximum absolute atomic E-state index is 12.4. The normalized spacial score (nSPS) is 25.6. The lowest BCUT2D eigenvalue weighted by molar-refractivity contribution is 0.00578. The first-order valence-corrected chi connectivity index (χ1v) is 8.13. The molecule has 1 unspecified atom stereocenters. The number of hydrogen-bond donors (Lipinski definition) is 1. The summed E-state index contributed by atoms with van der Waals surface area (Å²) in [7, 11) is -0.456. The molecule has 1 aromatic carbocycles. The van der Waals surface area contributed by atoms with Gasteiger partial charge in [-0.3, -0.25) is 4.79 Å². The third kappa shape index (κ3) is 3.29. The van der Waals surface area contributed by atoms with Crippen LogP contribution in [0.4, 0.5) is 0 Å². The molecule has 1 atom stereocenters. The summed E-state index contributed by atoms with van der Waals surface area (Å²) in [4.78, 5) is 12.4. The van der Waals surface area contributed by atoms with Gasteiger partial charge in [0.15, 0.2) is 0 Å². The van der Waals surface area contributed by atoms with Crippen LogP contribution in [0.3, 0.4) is 0 Å². The van der Waals surface area contributed by atoms with Crippen molar-refractivity contribution in [3.63, 3.8) is 0 Å². The van der Waals surface area contributed by atoms with Crippen LogP contribution in [0.5, 0.6) is 0 Å². The fraction of sp³-hybridized carbons (Fsp3) is 0.588. The Balaban J connectivity index is 1.74. The molecule has 6 heteroatoms. The number of ether oxygens (including phenoxy) is 1. The summed E-state index contributed by atoms with van der Waals surface area (Å²) >= 11 is 0. The van der Waals surface area contributed by atoms with E-state index in [0.29, 0.717) is 18.8 Å². The first-order chi connectivity index (χ1) is 10.8. The minimum absolute atomic E-state index is 0.0844. The van der Waals surface area contributed by atoms with E-state index in [2.05, 4.69) is 5.32 Å². The number of carbonyl (C=O) groups excluding carboxylic acids is 1. The molecule has 1 aromatic rings. The van der Waals surface area contributed by atoms with E-state index in [9.17, 15) is 4.79 Å². The van der Waals surface area contributed by atoms with Crippen molar-refractivity contribution in [3.05, 3.63) is 29.8 Å². The minimum atomic E-state index is -0.456. The molecule has 0 bridgehead atoms. The zero-order chi connectivity index (χ0) is 16.7. The molecule has 0 aromatic heterocycles. The second-order valence-electron chi connectivity index (χ2n) is 7.25. The molecule has 23 heavy (non-hydrogen) atoms. The third-order valence-corrected chi connectivity index (χ3v) is 4.94. The molecule has 3 rings (SSSR count). The summed E-state index contributed by atoms with van der Waals surface area (Å²) in [5.74, 6) is -0.0844. The summed E-state index contributed by atoms with van der Waals surface area (Å²) < 4.78 is 17.4. The predicted octanol–water partition coefficient (Wildman–Crippen LogP) is 1.50. The molecule has 5 nitrogen and oxygen atoms in total. The lowest BCUT2D eigenvalue weighted by atomic mass is 9.78. The van der Waals surface area contributed by atoms with Crippen LogP contribution in [0.2, 0.25) is 0 Å². The third-order valence-electron chi connectivity index (χ3n) is 4.94. The van der Waals surface area contributed by atoms with Gasteiger partial charge in [-0.1, -0.05) is 12.1 Å². The summed E-state index contributed by atoms with van der Waals surface area (Å²) in [5.41, 5.74) is 0.692. The Morgan fingerprint density at radius 3 is 2.52 bits per heavy atom. The fourth-order valence-corrected chi connectivity index (χ4v) is 2.72. The Bertz CT molecular complexity index is 580. The second-order valence-corrected chi connectivity index (χ2v) is 7.25. The lowest BCUT2D eigenvalue weighted by Crippen LogP contribution is -2.41. The summed E-state index contributed by atoms with van der Waals surface area (Å²) in [6.07, 6.45) is 0.864. The molecular weight excluding hydrogens is 293 g/mol. The highest BCUT2D eigenvalue weighted by Gasteiger charge is 2.51. The van der Waals surface area contributed by atoms with E-state index in [1.54, 1.807) is 6.07 Å². The van der Waals surface area contributed by atoms with E-state index in [1.807, 2.05) is 45.9 Å². The van der Waals surface area contributed by atoms with Gasteiger partial charge in [0, 0.05) is 12.2 Å². The molecule has 124 valence electrons. The molecule has 2 fully saturated rings. The standard InChI is InChI=1S/C17H24BNO4/c1-16(2)17(3,4)23-18(22-16)13-7-5-6-12(10-13)15(20)19-14-8-9-21-11-14/h5-7,10,14H,8-9,11H2,1-4H3,(H,19,20). The number of carbonyl (C=O) groups is 1. The van der Waals surface area contributed by atoms with Crippen molar-refractivity contribution < 1.29 is 18.8 Å². The molecular formula is C17H24BNO4. The van der Waals surface area contributed by atoms with Gasteiger partial charge in [-0.2, -0.15) is 0 Å². The maximum Gasteiger partial charge on any atom is 0.494 e. The van der Waals surface area contributed by atoms with Gasteiger partial charge in [-0.25, -0.2) is 0 Å². The summed E-state index contributed by atoms with van der Waals surface area (Å²) in [6.45, 7) is 9.36. The van der Waals surface area contributed by atoms with E-state index < -0.39 is 18.3 Å². The Morgan fingerprint density at radius 1 is 1.22 bits per heavy atom. The number of amides is 1. The summed E-state index contributed by atoms with van der Waals surface area (Å²) in [5, 5.41) is 3.00. The van der Waals surface area contributed by atoms with E-state index in [1.165, 1.54) is 0 Å². The van der Waals surface area contributed by atoms with Crippen molar-refractivity contribution in [2.75, 3.05) is 13.2 Å². The van der Waals surface area contributed by atoms with Crippen molar-refractivity contribution in [3.8, 4) is 0 Å². The smallest absolute Gasteiger partial charge is 0.399 e. The highest BCUT2D eigenvalue weighted by Crippen LogP contribution is 2.36. The monoisotopic (exact) mass is 317 g/mol. The molecule has 0 spiro atoms. The van der Waals surface area contributed by atoms with E-state index in [0.717, 1.165) is 11.9 Å². The average molecular weight is 317 g/mol. The maximum atomic E-state index is 12.4. The molecule has 2 saturated heterocycles. The summed E-state index contributed by atoms with van der Waals surface area (Å²) in [6, 6.07) is 7.54. The van der Waals surface area contributed by atoms with Crippen LogP contribution in [0.15, 0.2) is 24.3 Å². The molecule has 0 radical (unpaired) electrons. The average Bonchev–Trinajstić information content (AvgIpc) is 3.05. The van der Waals surface area contributed by atoms with Crippen molar-refractivity contribution >= 4 is 18.5 Å². The number of hydrogen-bond acceptors (Lipinski definition) is 4. The highest BCUT2D eigenvalue weighted by molar-refractivity contribution is 6.62. The second kappa shape index (κ2) is 5.93. The van der Waals surface area contributed by atoms with Gasteiger partial charge >= 0.3 is 7.12 Å². The Labute approximate surface area is 137 Å². The van der Waals surface area contributed by atoms with Gasteiger partial charge < -0.3 is 19.4 Å². The van der Waals surface area contributed by atoms with Crippen LogP contribution in [-0.4, -0.2) is 43.5 Å². The van der Waals surface area contributed by atoms with Crippen LogP contribution in [0.25, 0.3) is 0 Å². The van der Waals surface area contributed by atoms with Crippen molar-refractivity contribution in [2.45, 2.75) is 51.4 Å². The predicted molar refractivity (Wildman–Crippen MR) is 88.8 cm³/mol. The number of benzene rings is 1. The molecule has 0 aliphatic carbocycles. The fourth-order valence-electron chi connectivity index (χ4n) is 2.72. The van der Waals surface area contributed by atoms with Crippen LogP contribution in [0.1, 0.15) is 44.5 Å². The molecule has 1 amide bonds. The van der Waals surface area contributed by atoms with Crippen LogP contribution < -0.4 is 10.8 Å². The lowest BCUT2D eigenvalue weighted by Gasteiger charge is -2.32. The molecule has 2 heterocycles. The Hall–Kier alpha value is -1.37. The van der Waals surface area contributed by atoms with Gasteiger partial charge in [-0.15, -0.1) is 0 Å². The molecule has 2 aliphatic rings. The minimum Gasteiger partial charge on any atom is -0.399 e. The molecule has 1 N–H and O–H groups in total. The van der Waals surface area contributed by atoms with E-state index >= 15 is 0 Å². The number of nitrogens with one attached hydrogen (secondary N) is 1. The van der Waals surface area contributed by atoms with Crippen LogP contribution in [0, 0.1) is 0 Å². The van der Waals surface area contributed by atoms with Crippen molar-refractivity contribution in [1.29, 1.82) is 0 Å². The van der Waals surface area contributed by atoms with E-state index in [-0.39, 0.29) is 11.9 Å². The van der Waals surface area contributed by atoms with Crippen molar-refractivity contribution in [1.82, 2.24) is 5.32 Å². The molecule has 2 aliphatic heterocycles. The SMILES string of the molecule is CC1(C)OB(c2cccc(C(=O)NC3CCOC3)c2)OC1(C)C.